The molecule has 0 radical (unpaired) electrons. The van der Waals surface area contributed by atoms with Gasteiger partial charge < -0.3 is 11.1 Å². The van der Waals surface area contributed by atoms with E-state index in [1.54, 1.807) is 0 Å². The van der Waals surface area contributed by atoms with Crippen molar-refractivity contribution in [3.8, 4) is 0 Å². The third-order valence-corrected chi connectivity index (χ3v) is 4.26. The molecule has 2 heteroatoms. The summed E-state index contributed by atoms with van der Waals surface area (Å²) < 4.78 is 0. The molecule has 0 bridgehead atoms. The van der Waals surface area contributed by atoms with E-state index in [9.17, 15) is 0 Å². The zero-order chi connectivity index (χ0) is 15.1. The average molecular weight is 276 g/mol. The van der Waals surface area contributed by atoms with E-state index in [0.717, 1.165) is 19.5 Å². The molecule has 2 nitrogen and oxygen atoms in total. The Morgan fingerprint density at radius 1 is 1.00 bits per heavy atom. The Labute approximate surface area is 125 Å². The summed E-state index contributed by atoms with van der Waals surface area (Å²) in [7, 11) is 0. The van der Waals surface area contributed by atoms with Crippen molar-refractivity contribution < 1.29 is 0 Å². The molecule has 0 heterocycles. The first-order chi connectivity index (χ1) is 9.49. The molecule has 1 rings (SSSR count). The smallest absolute Gasteiger partial charge is 0.0343 e. The van der Waals surface area contributed by atoms with Crippen molar-refractivity contribution in [2.24, 2.45) is 23.5 Å². The molecule has 0 aliphatic carbocycles. The van der Waals surface area contributed by atoms with E-state index < -0.39 is 0 Å². The highest BCUT2D eigenvalue weighted by atomic mass is 14.9. The van der Waals surface area contributed by atoms with Crippen LogP contribution in [0.3, 0.4) is 0 Å². The Balaban J connectivity index is 2.73. The van der Waals surface area contributed by atoms with E-state index in [-0.39, 0.29) is 0 Å². The van der Waals surface area contributed by atoms with Crippen molar-refractivity contribution in [1.82, 2.24) is 5.32 Å². The molecule has 0 aromatic heterocycles. The number of hydrogen-bond acceptors (Lipinski definition) is 2. The van der Waals surface area contributed by atoms with Gasteiger partial charge in [0.1, 0.15) is 0 Å². The van der Waals surface area contributed by atoms with Crippen molar-refractivity contribution in [2.75, 3.05) is 13.1 Å². The van der Waals surface area contributed by atoms with Gasteiger partial charge in [-0.25, -0.2) is 0 Å². The summed E-state index contributed by atoms with van der Waals surface area (Å²) in [6, 6.07) is 9.44. The largest absolute Gasteiger partial charge is 0.330 e. The van der Waals surface area contributed by atoms with E-state index in [0.29, 0.717) is 23.8 Å². The molecule has 0 amide bonds. The Hall–Kier alpha value is -0.860. The van der Waals surface area contributed by atoms with Crippen LogP contribution in [0.15, 0.2) is 24.3 Å². The molecule has 2 unspecified atom stereocenters. The van der Waals surface area contributed by atoms with Crippen molar-refractivity contribution in [3.05, 3.63) is 35.4 Å². The molecule has 0 saturated heterocycles. The van der Waals surface area contributed by atoms with Crippen LogP contribution < -0.4 is 11.1 Å². The molecule has 1 aromatic rings. The van der Waals surface area contributed by atoms with Gasteiger partial charge in [-0.1, -0.05) is 58.9 Å². The third kappa shape index (κ3) is 4.92. The zero-order valence-electron chi connectivity index (χ0n) is 13.8. The molecular weight excluding hydrogens is 244 g/mol. The number of hydrogen-bond donors (Lipinski definition) is 2. The highest BCUT2D eigenvalue weighted by Gasteiger charge is 2.18. The van der Waals surface area contributed by atoms with Crippen LogP contribution in [0.5, 0.6) is 0 Å². The zero-order valence-corrected chi connectivity index (χ0v) is 13.8. The molecule has 0 saturated carbocycles. The molecule has 1 aromatic carbocycles. The predicted molar refractivity (Wildman–Crippen MR) is 88.8 cm³/mol. The number of rotatable bonds is 8. The molecular formula is C18H32N2. The topological polar surface area (TPSA) is 38.0 Å². The van der Waals surface area contributed by atoms with Crippen LogP contribution in [-0.4, -0.2) is 13.1 Å². The molecule has 0 aliphatic rings. The maximum atomic E-state index is 5.87. The maximum absolute atomic E-state index is 5.87. The molecule has 20 heavy (non-hydrogen) atoms. The van der Waals surface area contributed by atoms with E-state index in [1.807, 2.05) is 0 Å². The fourth-order valence-electron chi connectivity index (χ4n) is 2.57. The standard InChI is InChI=1S/C18H32N2/c1-6-15-7-9-16(10-8-15)18(14(4)5)20-12-17(11-19)13(2)3/h7-10,13-14,17-18,20H,6,11-12,19H2,1-5H3. The lowest BCUT2D eigenvalue weighted by molar-refractivity contribution is 0.322. The monoisotopic (exact) mass is 276 g/mol. The van der Waals surface area contributed by atoms with Crippen LogP contribution in [0.1, 0.15) is 51.8 Å². The number of nitrogens with two attached hydrogens (primary N) is 1. The van der Waals surface area contributed by atoms with Crippen molar-refractivity contribution in [2.45, 2.75) is 47.1 Å². The summed E-state index contributed by atoms with van der Waals surface area (Å²) >= 11 is 0. The summed E-state index contributed by atoms with van der Waals surface area (Å²) in [6.07, 6.45) is 1.10. The molecule has 3 N–H and O–H groups in total. The van der Waals surface area contributed by atoms with Crippen molar-refractivity contribution >= 4 is 0 Å². The fourth-order valence-corrected chi connectivity index (χ4v) is 2.57. The predicted octanol–water partition coefficient (Wildman–Crippen LogP) is 3.77. The van der Waals surface area contributed by atoms with Gasteiger partial charge in [0.2, 0.25) is 0 Å². The lowest BCUT2D eigenvalue weighted by Gasteiger charge is -2.27. The van der Waals surface area contributed by atoms with Gasteiger partial charge in [0, 0.05) is 6.04 Å². The summed E-state index contributed by atoms with van der Waals surface area (Å²) in [5, 5.41) is 3.73. The highest BCUT2D eigenvalue weighted by Crippen LogP contribution is 2.23. The average Bonchev–Trinajstić information content (AvgIpc) is 2.43. The van der Waals surface area contributed by atoms with E-state index in [4.69, 9.17) is 5.73 Å². The molecule has 2 atom stereocenters. The second-order valence-electron chi connectivity index (χ2n) is 6.46. The lowest BCUT2D eigenvalue weighted by Crippen LogP contribution is -2.35. The van der Waals surface area contributed by atoms with Gasteiger partial charge in [-0.05, 0) is 48.4 Å². The molecule has 0 aliphatic heterocycles. The third-order valence-electron chi connectivity index (χ3n) is 4.26. The van der Waals surface area contributed by atoms with Crippen LogP contribution in [0.4, 0.5) is 0 Å². The van der Waals surface area contributed by atoms with Crippen LogP contribution >= 0.6 is 0 Å². The van der Waals surface area contributed by atoms with Gasteiger partial charge in [-0.3, -0.25) is 0 Å². The maximum Gasteiger partial charge on any atom is 0.0343 e. The second kappa shape index (κ2) is 8.43. The lowest BCUT2D eigenvalue weighted by atomic mass is 9.92. The number of benzene rings is 1. The summed E-state index contributed by atoms with van der Waals surface area (Å²) in [5.74, 6) is 1.75. The van der Waals surface area contributed by atoms with E-state index in [1.165, 1.54) is 11.1 Å². The van der Waals surface area contributed by atoms with Crippen LogP contribution in [0.2, 0.25) is 0 Å². The van der Waals surface area contributed by atoms with Crippen LogP contribution in [-0.2, 0) is 6.42 Å². The molecule has 0 fully saturated rings. The minimum Gasteiger partial charge on any atom is -0.330 e. The van der Waals surface area contributed by atoms with Crippen molar-refractivity contribution in [3.63, 3.8) is 0 Å². The summed E-state index contributed by atoms with van der Waals surface area (Å²) in [6.45, 7) is 13.0. The van der Waals surface area contributed by atoms with E-state index in [2.05, 4.69) is 64.2 Å². The molecule has 0 spiro atoms. The Morgan fingerprint density at radius 2 is 1.60 bits per heavy atom. The fraction of sp³-hybridized carbons (Fsp3) is 0.667. The SMILES string of the molecule is CCc1ccc(C(NCC(CN)C(C)C)C(C)C)cc1. The second-order valence-corrected chi connectivity index (χ2v) is 6.46. The minimum atomic E-state index is 0.411. The van der Waals surface area contributed by atoms with Gasteiger partial charge in [0.25, 0.3) is 0 Å². The van der Waals surface area contributed by atoms with Gasteiger partial charge in [-0.15, -0.1) is 0 Å². The van der Waals surface area contributed by atoms with Gasteiger partial charge in [0.05, 0.1) is 0 Å². The first kappa shape index (κ1) is 17.2. The quantitative estimate of drug-likeness (QED) is 0.758. The van der Waals surface area contributed by atoms with E-state index >= 15 is 0 Å². The van der Waals surface area contributed by atoms with Gasteiger partial charge >= 0.3 is 0 Å². The Bertz CT molecular complexity index is 368. The number of aryl methyl sites for hydroxylation is 1. The highest BCUT2D eigenvalue weighted by molar-refractivity contribution is 5.25. The minimum absolute atomic E-state index is 0.411. The van der Waals surface area contributed by atoms with Gasteiger partial charge in [-0.2, -0.15) is 0 Å². The van der Waals surface area contributed by atoms with Crippen molar-refractivity contribution in [1.29, 1.82) is 0 Å². The summed E-state index contributed by atoms with van der Waals surface area (Å²) in [4.78, 5) is 0. The Kier molecular flexibility index (Phi) is 7.25. The first-order valence-electron chi connectivity index (χ1n) is 8.01. The molecule has 114 valence electrons. The first-order valence-corrected chi connectivity index (χ1v) is 8.01. The van der Waals surface area contributed by atoms with Crippen LogP contribution in [0.25, 0.3) is 0 Å². The normalized spacial score (nSPS) is 14.8. The van der Waals surface area contributed by atoms with Crippen LogP contribution in [0, 0.1) is 17.8 Å². The van der Waals surface area contributed by atoms with Gasteiger partial charge in [0.15, 0.2) is 0 Å². The number of nitrogens with one attached hydrogen (secondary N) is 1. The summed E-state index contributed by atoms with van der Waals surface area (Å²) in [5.41, 5.74) is 8.66. The Morgan fingerprint density at radius 3 is 2.00 bits per heavy atom.